The fourth-order valence-electron chi connectivity index (χ4n) is 5.27. The number of hydrogen-bond acceptors (Lipinski definition) is 9. The molecule has 0 aliphatic carbocycles. The molecule has 2 aromatic rings. The van der Waals surface area contributed by atoms with E-state index in [-0.39, 0.29) is 47.8 Å². The van der Waals surface area contributed by atoms with Crippen molar-refractivity contribution in [1.29, 1.82) is 0 Å². The van der Waals surface area contributed by atoms with Gasteiger partial charge in [0.15, 0.2) is 10.2 Å². The van der Waals surface area contributed by atoms with Crippen LogP contribution < -0.4 is 5.32 Å². The van der Waals surface area contributed by atoms with Crippen LogP contribution in [0.15, 0.2) is 65.4 Å². The lowest BCUT2D eigenvalue weighted by Gasteiger charge is -2.27. The van der Waals surface area contributed by atoms with Gasteiger partial charge in [0.1, 0.15) is 11.7 Å². The average Bonchev–Trinajstić information content (AvgIpc) is 3.49. The number of aromatic amines is 1. The molecule has 0 saturated heterocycles. The van der Waals surface area contributed by atoms with Gasteiger partial charge in [-0.3, -0.25) is 18.9 Å². The maximum atomic E-state index is 14.9. The summed E-state index contributed by atoms with van der Waals surface area (Å²) in [5.74, 6) is -1.70. The Morgan fingerprint density at radius 2 is 1.36 bits per heavy atom. The highest BCUT2D eigenvalue weighted by Gasteiger charge is 2.42. The number of aromatic nitrogens is 1. The first-order chi connectivity index (χ1) is 25.6. The van der Waals surface area contributed by atoms with Gasteiger partial charge < -0.3 is 24.5 Å². The van der Waals surface area contributed by atoms with Crippen LogP contribution in [0, 0.1) is 10.8 Å². The minimum atomic E-state index is -4.32. The van der Waals surface area contributed by atoms with E-state index in [1.54, 1.807) is 47.7 Å². The van der Waals surface area contributed by atoms with E-state index < -0.39 is 42.0 Å². The molecule has 0 aliphatic heterocycles. The van der Waals surface area contributed by atoms with E-state index in [0.29, 0.717) is 12.0 Å². The summed E-state index contributed by atoms with van der Waals surface area (Å²) in [5, 5.41) is 13.6. The van der Waals surface area contributed by atoms with Crippen molar-refractivity contribution in [3.63, 3.8) is 0 Å². The number of carboxylic acid groups (broad SMARTS) is 1. The monoisotopic (exact) mass is 818 g/mol. The number of amides is 1. The van der Waals surface area contributed by atoms with Gasteiger partial charge in [-0.25, -0.2) is 4.79 Å². The number of carboxylic acids is 1. The van der Waals surface area contributed by atoms with Crippen LogP contribution in [0.3, 0.4) is 0 Å². The van der Waals surface area contributed by atoms with E-state index in [2.05, 4.69) is 43.2 Å². The first-order valence-electron chi connectivity index (χ1n) is 18.9. The van der Waals surface area contributed by atoms with Crippen LogP contribution in [0.5, 0.6) is 0 Å². The SMILES string of the molecule is CC(C)=CCC/C(C)=C/CC/C(C)=C/CC(C(=O)N[C@@H](Cc1c[nH]c2ccccc12)C(=O)O)P(=O)(OCCSC(=O)C(C)(C)C)OCCSC(=O)C(C)(C)C. The van der Waals surface area contributed by atoms with Gasteiger partial charge in [-0.05, 0) is 71.4 Å². The van der Waals surface area contributed by atoms with Gasteiger partial charge in [0.05, 0.1) is 13.2 Å². The lowest BCUT2D eigenvalue weighted by atomic mass is 9.99. The van der Waals surface area contributed by atoms with Crippen LogP contribution in [-0.2, 0) is 39.2 Å². The Kier molecular flexibility index (Phi) is 20.0. The molecule has 0 radical (unpaired) electrons. The highest BCUT2D eigenvalue weighted by atomic mass is 32.2. The van der Waals surface area contributed by atoms with E-state index in [9.17, 15) is 28.8 Å². The molecule has 0 aliphatic rings. The van der Waals surface area contributed by atoms with Crippen LogP contribution in [-0.4, -0.2) is 68.6 Å². The van der Waals surface area contributed by atoms with Crippen LogP contribution in [0.2, 0.25) is 0 Å². The summed E-state index contributed by atoms with van der Waals surface area (Å²) in [4.78, 5) is 55.2. The molecule has 1 unspecified atom stereocenters. The Bertz CT molecular complexity index is 1710. The van der Waals surface area contributed by atoms with Gasteiger partial charge in [0.2, 0.25) is 5.91 Å². The van der Waals surface area contributed by atoms with Crippen molar-refractivity contribution in [3.05, 3.63) is 71.0 Å². The van der Waals surface area contributed by atoms with Gasteiger partial charge in [0, 0.05) is 45.9 Å². The van der Waals surface area contributed by atoms with Gasteiger partial charge in [-0.15, -0.1) is 0 Å². The normalized spacial score (nSPS) is 14.1. The fraction of sp³-hybridized carbons (Fsp3) is 0.571. The average molecular weight is 819 g/mol. The molecule has 0 bridgehead atoms. The summed E-state index contributed by atoms with van der Waals surface area (Å²) in [6.07, 6.45) is 11.4. The highest BCUT2D eigenvalue weighted by molar-refractivity contribution is 8.14. The number of aliphatic carboxylic acids is 1. The number of carbonyl (C=O) groups is 4. The maximum Gasteiger partial charge on any atom is 0.343 e. The molecular weight excluding hydrogens is 756 g/mol. The lowest BCUT2D eigenvalue weighted by Crippen LogP contribution is -2.46. The predicted molar refractivity (Wildman–Crippen MR) is 229 cm³/mol. The Labute approximate surface area is 337 Å². The third-order valence-electron chi connectivity index (χ3n) is 8.61. The molecule has 306 valence electrons. The minimum Gasteiger partial charge on any atom is -0.480 e. The highest BCUT2D eigenvalue weighted by Crippen LogP contribution is 2.55. The van der Waals surface area contributed by atoms with Crippen LogP contribution in [0.25, 0.3) is 10.9 Å². The number of H-pyrrole nitrogens is 1. The molecule has 1 aromatic heterocycles. The van der Waals surface area contributed by atoms with Gasteiger partial charge in [-0.2, -0.15) is 0 Å². The van der Waals surface area contributed by atoms with Crippen molar-refractivity contribution >= 4 is 64.1 Å². The predicted octanol–water partition coefficient (Wildman–Crippen LogP) is 10.3. The van der Waals surface area contributed by atoms with Crippen LogP contribution in [0.1, 0.15) is 107 Å². The maximum absolute atomic E-state index is 14.9. The second-order valence-corrected chi connectivity index (χ2v) is 20.5. The lowest BCUT2D eigenvalue weighted by molar-refractivity contribution is -0.141. The molecule has 55 heavy (non-hydrogen) atoms. The number of para-hydroxylation sites is 1. The van der Waals surface area contributed by atoms with E-state index in [1.807, 2.05) is 37.3 Å². The summed E-state index contributed by atoms with van der Waals surface area (Å²) in [7, 11) is -4.32. The Balaban J connectivity index is 2.41. The number of hydrogen-bond donors (Lipinski definition) is 3. The molecule has 2 rings (SSSR count). The fourth-order valence-corrected chi connectivity index (χ4v) is 8.94. The Hall–Kier alpha value is -2.89. The molecule has 13 heteroatoms. The third kappa shape index (κ3) is 17.4. The summed E-state index contributed by atoms with van der Waals surface area (Å²) in [6, 6.07) is 6.14. The van der Waals surface area contributed by atoms with Crippen molar-refractivity contribution in [2.24, 2.45) is 10.8 Å². The van der Waals surface area contributed by atoms with Gasteiger partial charge >= 0.3 is 13.6 Å². The largest absolute Gasteiger partial charge is 0.480 e. The number of carbonyl (C=O) groups excluding carboxylic acids is 3. The molecule has 1 aromatic carbocycles. The van der Waals surface area contributed by atoms with E-state index >= 15 is 0 Å². The van der Waals surface area contributed by atoms with Crippen LogP contribution in [0.4, 0.5) is 0 Å². The van der Waals surface area contributed by atoms with Crippen molar-refractivity contribution in [2.75, 3.05) is 24.7 Å². The number of rotatable bonds is 22. The number of nitrogens with one attached hydrogen (secondary N) is 2. The van der Waals surface area contributed by atoms with E-state index in [1.165, 1.54) is 11.1 Å². The number of benzene rings is 1. The molecule has 0 spiro atoms. The summed E-state index contributed by atoms with van der Waals surface area (Å²) in [6.45, 7) is 18.7. The van der Waals surface area contributed by atoms with E-state index in [0.717, 1.165) is 59.3 Å². The topological polar surface area (TPSA) is 152 Å². The second-order valence-electron chi connectivity index (χ2n) is 16.2. The van der Waals surface area contributed by atoms with Crippen molar-refractivity contribution < 1.29 is 37.9 Å². The molecule has 10 nitrogen and oxygen atoms in total. The second kappa shape index (κ2) is 22.7. The zero-order valence-electron chi connectivity index (χ0n) is 34.4. The Morgan fingerprint density at radius 3 is 1.89 bits per heavy atom. The molecule has 0 saturated carbocycles. The smallest absolute Gasteiger partial charge is 0.343 e. The zero-order valence-corrected chi connectivity index (χ0v) is 36.9. The summed E-state index contributed by atoms with van der Waals surface area (Å²) in [5.41, 5.74) is 2.49. The molecule has 1 amide bonds. The van der Waals surface area contributed by atoms with Crippen molar-refractivity contribution in [2.45, 2.75) is 119 Å². The Morgan fingerprint density at radius 1 is 0.836 bits per heavy atom. The van der Waals surface area contributed by atoms with Crippen molar-refractivity contribution in [1.82, 2.24) is 10.3 Å². The van der Waals surface area contributed by atoms with E-state index in [4.69, 9.17) is 9.05 Å². The number of allylic oxidation sites excluding steroid dienone is 6. The molecule has 1 heterocycles. The first kappa shape index (κ1) is 48.3. The minimum absolute atomic E-state index is 0.0187. The first-order valence-corrected chi connectivity index (χ1v) is 22.5. The van der Waals surface area contributed by atoms with Crippen LogP contribution >= 0.6 is 31.1 Å². The third-order valence-corrected chi connectivity index (χ3v) is 13.4. The quantitative estimate of drug-likeness (QED) is 0.0595. The standard InChI is InChI=1S/C42H63N2O8PS2/c1-29(2)15-13-16-30(3)17-14-18-31(4)21-22-36(37(45)44-35(38(46)47)27-32-28-43-34-20-12-11-19-33(32)34)53(50,51-23-25-54-39(48)41(5,6)7)52-24-26-55-40(49)42(8,9)10/h11-12,15,17,19-21,28,35-36,43H,13-14,16,18,22-27H2,1-10H3,(H,44,45)(H,46,47)/b30-17+,31-21+/t35-,36?/m0/s1. The number of thioether (sulfide) groups is 2. The van der Waals surface area contributed by atoms with Gasteiger partial charge in [-0.1, -0.05) is 118 Å². The summed E-state index contributed by atoms with van der Waals surface area (Å²) >= 11 is 2.08. The van der Waals surface area contributed by atoms with Gasteiger partial charge in [0.25, 0.3) is 0 Å². The van der Waals surface area contributed by atoms with Crippen molar-refractivity contribution in [3.8, 4) is 0 Å². The molecular formula is C42H63N2O8PS2. The summed E-state index contributed by atoms with van der Waals surface area (Å²) < 4.78 is 26.8. The molecule has 2 atom stereocenters. The molecule has 0 fully saturated rings. The molecule has 3 N–H and O–H groups in total. The zero-order chi connectivity index (χ0) is 41.4. The number of fused-ring (bicyclic) bond motifs is 1.